The van der Waals surface area contributed by atoms with Crippen LogP contribution in [0.15, 0.2) is 18.2 Å². The Labute approximate surface area is 91.9 Å². The molecular formula is C11H11NO4. The molecule has 0 aromatic heterocycles. The molecule has 1 fully saturated rings. The van der Waals surface area contributed by atoms with Crippen molar-refractivity contribution in [2.75, 3.05) is 0 Å². The summed E-state index contributed by atoms with van der Waals surface area (Å²) in [4.78, 5) is 21.4. The first-order valence-electron chi connectivity index (χ1n) is 5.12. The SMILES string of the molecule is O=C(O)c1cccc([N+](=O)[O-])c1C1CCC1. The largest absolute Gasteiger partial charge is 0.478 e. The second kappa shape index (κ2) is 3.92. The third-order valence-corrected chi connectivity index (χ3v) is 3.02. The first kappa shape index (κ1) is 10.6. The molecule has 0 heterocycles. The highest BCUT2D eigenvalue weighted by molar-refractivity contribution is 5.91. The number of nitrogens with zero attached hydrogens (tertiary/aromatic N) is 1. The predicted molar refractivity (Wildman–Crippen MR) is 56.6 cm³/mol. The molecule has 0 amide bonds. The summed E-state index contributed by atoms with van der Waals surface area (Å²) in [6.07, 6.45) is 2.69. The van der Waals surface area contributed by atoms with Gasteiger partial charge in [0, 0.05) is 11.6 Å². The van der Waals surface area contributed by atoms with E-state index in [4.69, 9.17) is 5.11 Å². The lowest BCUT2D eigenvalue weighted by Crippen LogP contribution is -2.15. The van der Waals surface area contributed by atoms with Gasteiger partial charge in [-0.05, 0) is 24.8 Å². The van der Waals surface area contributed by atoms with Crippen LogP contribution in [0, 0.1) is 10.1 Å². The van der Waals surface area contributed by atoms with E-state index in [1.54, 1.807) is 0 Å². The Bertz CT molecular complexity index is 419. The molecule has 1 aromatic carbocycles. The van der Waals surface area contributed by atoms with Crippen LogP contribution in [-0.2, 0) is 0 Å². The summed E-state index contributed by atoms with van der Waals surface area (Å²) in [6.45, 7) is 0. The van der Waals surface area contributed by atoms with Crippen LogP contribution in [0.5, 0.6) is 0 Å². The highest BCUT2D eigenvalue weighted by Gasteiger charge is 2.31. The Morgan fingerprint density at radius 2 is 2.12 bits per heavy atom. The molecule has 1 aromatic rings. The van der Waals surface area contributed by atoms with E-state index in [1.807, 2.05) is 0 Å². The van der Waals surface area contributed by atoms with Gasteiger partial charge in [-0.25, -0.2) is 4.79 Å². The minimum absolute atomic E-state index is 0.0349. The lowest BCUT2D eigenvalue weighted by Gasteiger charge is -2.26. The average molecular weight is 221 g/mol. The Kier molecular flexibility index (Phi) is 2.60. The molecule has 1 saturated carbocycles. The van der Waals surface area contributed by atoms with E-state index in [0.29, 0.717) is 5.56 Å². The van der Waals surface area contributed by atoms with E-state index in [2.05, 4.69) is 0 Å². The zero-order chi connectivity index (χ0) is 11.7. The second-order valence-electron chi connectivity index (χ2n) is 3.93. The van der Waals surface area contributed by atoms with Crippen LogP contribution in [-0.4, -0.2) is 16.0 Å². The summed E-state index contributed by atoms with van der Waals surface area (Å²) in [5, 5.41) is 19.9. The van der Waals surface area contributed by atoms with Crippen molar-refractivity contribution in [2.24, 2.45) is 0 Å². The summed E-state index contributed by atoms with van der Waals surface area (Å²) < 4.78 is 0. The fraction of sp³-hybridized carbons (Fsp3) is 0.364. The molecule has 84 valence electrons. The van der Waals surface area contributed by atoms with Gasteiger partial charge in [0.1, 0.15) is 0 Å². The van der Waals surface area contributed by atoms with E-state index in [-0.39, 0.29) is 17.2 Å². The molecule has 2 rings (SSSR count). The van der Waals surface area contributed by atoms with E-state index in [0.717, 1.165) is 19.3 Å². The summed E-state index contributed by atoms with van der Waals surface area (Å²) in [7, 11) is 0. The van der Waals surface area contributed by atoms with Crippen LogP contribution >= 0.6 is 0 Å². The smallest absolute Gasteiger partial charge is 0.336 e. The molecule has 0 aliphatic heterocycles. The number of aromatic carboxylic acids is 1. The zero-order valence-corrected chi connectivity index (χ0v) is 8.55. The van der Waals surface area contributed by atoms with Gasteiger partial charge in [-0.3, -0.25) is 10.1 Å². The zero-order valence-electron chi connectivity index (χ0n) is 8.55. The van der Waals surface area contributed by atoms with Crippen molar-refractivity contribution in [1.82, 2.24) is 0 Å². The van der Waals surface area contributed by atoms with Crippen LogP contribution in [0.1, 0.15) is 41.1 Å². The molecule has 5 heteroatoms. The van der Waals surface area contributed by atoms with Crippen molar-refractivity contribution < 1.29 is 14.8 Å². The molecule has 1 N–H and O–H groups in total. The van der Waals surface area contributed by atoms with Gasteiger partial charge < -0.3 is 5.11 Å². The maximum Gasteiger partial charge on any atom is 0.336 e. The Morgan fingerprint density at radius 1 is 1.44 bits per heavy atom. The molecule has 1 aliphatic rings. The van der Waals surface area contributed by atoms with Crippen LogP contribution in [0.2, 0.25) is 0 Å². The van der Waals surface area contributed by atoms with Crippen molar-refractivity contribution in [3.05, 3.63) is 39.4 Å². The van der Waals surface area contributed by atoms with Crippen molar-refractivity contribution in [1.29, 1.82) is 0 Å². The van der Waals surface area contributed by atoms with Gasteiger partial charge in [0.25, 0.3) is 5.69 Å². The summed E-state index contributed by atoms with van der Waals surface area (Å²) in [6, 6.07) is 4.23. The van der Waals surface area contributed by atoms with Gasteiger partial charge in [0.15, 0.2) is 0 Å². The fourth-order valence-corrected chi connectivity index (χ4v) is 2.02. The van der Waals surface area contributed by atoms with Crippen LogP contribution in [0.3, 0.4) is 0 Å². The van der Waals surface area contributed by atoms with Crippen molar-refractivity contribution >= 4 is 11.7 Å². The molecule has 16 heavy (non-hydrogen) atoms. The van der Waals surface area contributed by atoms with Gasteiger partial charge in [-0.2, -0.15) is 0 Å². The van der Waals surface area contributed by atoms with Crippen LogP contribution < -0.4 is 0 Å². The van der Waals surface area contributed by atoms with Gasteiger partial charge in [0.2, 0.25) is 0 Å². The first-order chi connectivity index (χ1) is 7.61. The van der Waals surface area contributed by atoms with E-state index < -0.39 is 10.9 Å². The summed E-state index contributed by atoms with van der Waals surface area (Å²) >= 11 is 0. The van der Waals surface area contributed by atoms with Gasteiger partial charge >= 0.3 is 5.97 Å². The third kappa shape index (κ3) is 1.64. The number of carboxylic acids is 1. The number of carbonyl (C=O) groups is 1. The minimum atomic E-state index is -1.09. The standard InChI is InChI=1S/C11H11NO4/c13-11(14)8-5-2-6-9(12(15)16)10(8)7-3-1-4-7/h2,5-7H,1,3-4H2,(H,13,14). The lowest BCUT2D eigenvalue weighted by atomic mass is 9.77. The summed E-state index contributed by atoms with van der Waals surface area (Å²) in [5.41, 5.74) is 0.398. The average Bonchev–Trinajstić information content (AvgIpc) is 2.14. The normalized spacial score (nSPS) is 15.5. The molecule has 0 atom stereocenters. The van der Waals surface area contributed by atoms with Crippen molar-refractivity contribution in [2.45, 2.75) is 25.2 Å². The number of benzene rings is 1. The van der Waals surface area contributed by atoms with Gasteiger partial charge in [0.05, 0.1) is 10.5 Å². The minimum Gasteiger partial charge on any atom is -0.478 e. The number of rotatable bonds is 3. The highest BCUT2D eigenvalue weighted by atomic mass is 16.6. The predicted octanol–water partition coefficient (Wildman–Crippen LogP) is 2.56. The Hall–Kier alpha value is -1.91. The highest BCUT2D eigenvalue weighted by Crippen LogP contribution is 2.42. The molecule has 0 saturated heterocycles. The number of nitro groups is 1. The second-order valence-corrected chi connectivity index (χ2v) is 3.93. The number of hydrogen-bond donors (Lipinski definition) is 1. The lowest BCUT2D eigenvalue weighted by molar-refractivity contribution is -0.385. The van der Waals surface area contributed by atoms with Crippen LogP contribution in [0.4, 0.5) is 5.69 Å². The third-order valence-electron chi connectivity index (χ3n) is 3.02. The number of nitro benzene ring substituents is 1. The number of hydrogen-bond acceptors (Lipinski definition) is 3. The van der Waals surface area contributed by atoms with Gasteiger partial charge in [-0.15, -0.1) is 0 Å². The van der Waals surface area contributed by atoms with E-state index >= 15 is 0 Å². The first-order valence-corrected chi connectivity index (χ1v) is 5.12. The van der Waals surface area contributed by atoms with Crippen molar-refractivity contribution in [3.8, 4) is 0 Å². The quantitative estimate of drug-likeness (QED) is 0.628. The molecule has 1 aliphatic carbocycles. The number of carboxylic acid groups (broad SMARTS) is 1. The maximum absolute atomic E-state index is 11.0. The molecule has 0 radical (unpaired) electrons. The molecule has 0 bridgehead atoms. The van der Waals surface area contributed by atoms with E-state index in [1.165, 1.54) is 18.2 Å². The molecular weight excluding hydrogens is 210 g/mol. The maximum atomic E-state index is 11.0. The molecule has 5 nitrogen and oxygen atoms in total. The molecule has 0 spiro atoms. The fourth-order valence-electron chi connectivity index (χ4n) is 2.02. The van der Waals surface area contributed by atoms with Crippen LogP contribution in [0.25, 0.3) is 0 Å². The Morgan fingerprint density at radius 3 is 2.56 bits per heavy atom. The Balaban J connectivity index is 2.57. The van der Waals surface area contributed by atoms with Crippen molar-refractivity contribution in [3.63, 3.8) is 0 Å². The van der Waals surface area contributed by atoms with E-state index in [9.17, 15) is 14.9 Å². The topological polar surface area (TPSA) is 80.4 Å². The molecule has 0 unspecified atom stereocenters. The summed E-state index contributed by atoms with van der Waals surface area (Å²) in [5.74, 6) is -1.06. The monoisotopic (exact) mass is 221 g/mol. The van der Waals surface area contributed by atoms with Gasteiger partial charge in [-0.1, -0.05) is 12.5 Å².